The van der Waals surface area contributed by atoms with Crippen LogP contribution in [-0.2, 0) is 21.2 Å². The highest BCUT2D eigenvalue weighted by Crippen LogP contribution is 2.37. The Hall–Kier alpha value is -2.38. The Morgan fingerprint density at radius 3 is 2.54 bits per heavy atom. The van der Waals surface area contributed by atoms with Crippen LogP contribution >= 0.6 is 0 Å². The number of amides is 1. The third-order valence-electron chi connectivity index (χ3n) is 5.40. The molecule has 1 aliphatic heterocycles. The SMILES string of the molecule is COc1ccc([C@@H](C)NS(=O)(=O)c2ccc3c(c2)CCN3C(=O)C2CC2)cc1. The van der Waals surface area contributed by atoms with Gasteiger partial charge < -0.3 is 9.64 Å². The first-order valence-corrected chi connectivity index (χ1v) is 11.0. The van der Waals surface area contributed by atoms with Crippen molar-refractivity contribution in [3.63, 3.8) is 0 Å². The molecule has 1 saturated carbocycles. The van der Waals surface area contributed by atoms with Crippen LogP contribution in [0.3, 0.4) is 0 Å². The average molecular weight is 401 g/mol. The van der Waals surface area contributed by atoms with Gasteiger partial charge in [-0.05, 0) is 67.6 Å². The number of hydrogen-bond acceptors (Lipinski definition) is 4. The zero-order valence-electron chi connectivity index (χ0n) is 16.0. The summed E-state index contributed by atoms with van der Waals surface area (Å²) in [6.45, 7) is 2.44. The number of nitrogens with one attached hydrogen (secondary N) is 1. The molecule has 0 saturated heterocycles. The monoisotopic (exact) mass is 400 g/mol. The zero-order chi connectivity index (χ0) is 19.9. The lowest BCUT2D eigenvalue weighted by atomic mass is 10.1. The number of hydrogen-bond donors (Lipinski definition) is 1. The molecule has 0 unspecified atom stereocenters. The zero-order valence-corrected chi connectivity index (χ0v) is 16.8. The highest BCUT2D eigenvalue weighted by atomic mass is 32.2. The predicted octanol–water partition coefficient (Wildman–Crippen LogP) is 3.03. The van der Waals surface area contributed by atoms with Crippen molar-refractivity contribution in [2.75, 3.05) is 18.6 Å². The van der Waals surface area contributed by atoms with Crippen molar-refractivity contribution in [3.05, 3.63) is 53.6 Å². The van der Waals surface area contributed by atoms with E-state index in [-0.39, 0.29) is 22.8 Å². The first-order chi connectivity index (χ1) is 13.4. The molecule has 28 heavy (non-hydrogen) atoms. The lowest BCUT2D eigenvalue weighted by Crippen LogP contribution is -2.30. The van der Waals surface area contributed by atoms with Crippen LogP contribution in [-0.4, -0.2) is 28.0 Å². The van der Waals surface area contributed by atoms with Gasteiger partial charge in [0.05, 0.1) is 12.0 Å². The molecule has 1 amide bonds. The molecule has 1 fully saturated rings. The maximum atomic E-state index is 12.9. The molecule has 4 rings (SSSR count). The van der Waals surface area contributed by atoms with Crippen molar-refractivity contribution in [1.29, 1.82) is 0 Å². The minimum absolute atomic E-state index is 0.154. The molecular formula is C21H24N2O4S. The molecule has 7 heteroatoms. The van der Waals surface area contributed by atoms with Crippen LogP contribution in [0.2, 0.25) is 0 Å². The molecule has 2 aromatic carbocycles. The molecular weight excluding hydrogens is 376 g/mol. The standard InChI is InChI=1S/C21H24N2O4S/c1-14(15-5-7-18(27-2)8-6-15)22-28(25,26)19-9-10-20-17(13-19)11-12-23(20)21(24)16-3-4-16/h5-10,13-14,16,22H,3-4,11-12H2,1-2H3/t14-/m1/s1. The summed E-state index contributed by atoms with van der Waals surface area (Å²) in [7, 11) is -2.08. The van der Waals surface area contributed by atoms with E-state index >= 15 is 0 Å². The van der Waals surface area contributed by atoms with Crippen molar-refractivity contribution in [3.8, 4) is 5.75 Å². The van der Waals surface area contributed by atoms with Crippen molar-refractivity contribution >= 4 is 21.6 Å². The minimum atomic E-state index is -3.67. The third-order valence-corrected chi connectivity index (χ3v) is 6.94. The van der Waals surface area contributed by atoms with Crippen molar-refractivity contribution < 1.29 is 17.9 Å². The largest absolute Gasteiger partial charge is 0.497 e. The van der Waals surface area contributed by atoms with Crippen LogP contribution < -0.4 is 14.4 Å². The van der Waals surface area contributed by atoms with Crippen LogP contribution in [0.5, 0.6) is 5.75 Å². The average Bonchev–Trinajstić information content (AvgIpc) is 3.46. The van der Waals surface area contributed by atoms with Crippen molar-refractivity contribution in [2.24, 2.45) is 5.92 Å². The van der Waals surface area contributed by atoms with E-state index < -0.39 is 10.0 Å². The molecule has 2 aromatic rings. The molecule has 2 aliphatic rings. The molecule has 1 heterocycles. The second kappa shape index (κ2) is 7.22. The van der Waals surface area contributed by atoms with E-state index in [0.29, 0.717) is 13.0 Å². The topological polar surface area (TPSA) is 75.7 Å². The Bertz CT molecular complexity index is 998. The van der Waals surface area contributed by atoms with E-state index in [1.54, 1.807) is 42.3 Å². The van der Waals surface area contributed by atoms with Gasteiger partial charge in [0, 0.05) is 24.2 Å². The van der Waals surface area contributed by atoms with Crippen LogP contribution in [0.4, 0.5) is 5.69 Å². The van der Waals surface area contributed by atoms with E-state index in [1.165, 1.54) is 0 Å². The third kappa shape index (κ3) is 3.64. The molecule has 0 aromatic heterocycles. The molecule has 0 radical (unpaired) electrons. The highest BCUT2D eigenvalue weighted by molar-refractivity contribution is 7.89. The molecule has 1 N–H and O–H groups in total. The molecule has 0 spiro atoms. The van der Waals surface area contributed by atoms with Crippen LogP contribution in [0.25, 0.3) is 0 Å². The fourth-order valence-corrected chi connectivity index (χ4v) is 4.87. The maximum Gasteiger partial charge on any atom is 0.241 e. The number of carbonyl (C=O) groups excluding carboxylic acids is 1. The number of anilines is 1. The van der Waals surface area contributed by atoms with Gasteiger partial charge >= 0.3 is 0 Å². The number of carbonyl (C=O) groups is 1. The minimum Gasteiger partial charge on any atom is -0.497 e. The van der Waals surface area contributed by atoms with E-state index in [2.05, 4.69) is 4.72 Å². The quantitative estimate of drug-likeness (QED) is 0.809. The van der Waals surface area contributed by atoms with Gasteiger partial charge in [-0.3, -0.25) is 4.79 Å². The first kappa shape index (κ1) is 19.0. The second-order valence-electron chi connectivity index (χ2n) is 7.42. The van der Waals surface area contributed by atoms with Gasteiger partial charge in [0.15, 0.2) is 0 Å². The Balaban J connectivity index is 1.52. The number of nitrogens with zero attached hydrogens (tertiary/aromatic N) is 1. The number of rotatable bonds is 6. The Kier molecular flexibility index (Phi) is 4.89. The van der Waals surface area contributed by atoms with E-state index in [9.17, 15) is 13.2 Å². The summed E-state index contributed by atoms with van der Waals surface area (Å²) in [5.41, 5.74) is 2.61. The normalized spacial score (nSPS) is 17.3. The van der Waals surface area contributed by atoms with Crippen molar-refractivity contribution in [2.45, 2.75) is 37.1 Å². The molecule has 0 bridgehead atoms. The van der Waals surface area contributed by atoms with Gasteiger partial charge in [0.2, 0.25) is 15.9 Å². The van der Waals surface area contributed by atoms with Gasteiger partial charge in [-0.15, -0.1) is 0 Å². The fraction of sp³-hybridized carbons (Fsp3) is 0.381. The lowest BCUT2D eigenvalue weighted by molar-refractivity contribution is -0.119. The Morgan fingerprint density at radius 2 is 1.89 bits per heavy atom. The summed E-state index contributed by atoms with van der Waals surface area (Å²) in [4.78, 5) is 14.4. The summed E-state index contributed by atoms with van der Waals surface area (Å²) in [5.74, 6) is 1.05. The highest BCUT2D eigenvalue weighted by Gasteiger charge is 2.36. The Morgan fingerprint density at radius 1 is 1.18 bits per heavy atom. The number of fused-ring (bicyclic) bond motifs is 1. The number of methoxy groups -OCH3 is 1. The first-order valence-electron chi connectivity index (χ1n) is 9.49. The van der Waals surface area contributed by atoms with Gasteiger partial charge in [0.1, 0.15) is 5.75 Å². The molecule has 148 valence electrons. The fourth-order valence-electron chi connectivity index (χ4n) is 3.59. The Labute approximate surface area is 165 Å². The van der Waals surface area contributed by atoms with Crippen LogP contribution in [0.15, 0.2) is 47.4 Å². The predicted molar refractivity (Wildman–Crippen MR) is 107 cm³/mol. The van der Waals surface area contributed by atoms with Crippen molar-refractivity contribution in [1.82, 2.24) is 4.72 Å². The maximum absolute atomic E-state index is 12.9. The smallest absolute Gasteiger partial charge is 0.241 e. The number of sulfonamides is 1. The number of benzene rings is 2. The summed E-state index contributed by atoms with van der Waals surface area (Å²) in [6.07, 6.45) is 2.61. The molecule has 1 aliphatic carbocycles. The van der Waals surface area contributed by atoms with Gasteiger partial charge in [-0.2, -0.15) is 0 Å². The van der Waals surface area contributed by atoms with Gasteiger partial charge in [0.25, 0.3) is 0 Å². The van der Waals surface area contributed by atoms with Crippen LogP contribution in [0.1, 0.15) is 36.9 Å². The second-order valence-corrected chi connectivity index (χ2v) is 9.13. The molecule has 6 nitrogen and oxygen atoms in total. The van der Waals surface area contributed by atoms with E-state index in [0.717, 1.165) is 35.4 Å². The van der Waals surface area contributed by atoms with E-state index in [4.69, 9.17) is 4.74 Å². The lowest BCUT2D eigenvalue weighted by Gasteiger charge is -2.18. The number of ether oxygens (including phenoxy) is 1. The van der Waals surface area contributed by atoms with Gasteiger partial charge in [-0.1, -0.05) is 12.1 Å². The van der Waals surface area contributed by atoms with Crippen LogP contribution in [0, 0.1) is 5.92 Å². The summed E-state index contributed by atoms with van der Waals surface area (Å²) in [6, 6.07) is 12.0. The summed E-state index contributed by atoms with van der Waals surface area (Å²) < 4.78 is 33.6. The molecule has 1 atom stereocenters. The summed E-state index contributed by atoms with van der Waals surface area (Å²) in [5, 5.41) is 0. The summed E-state index contributed by atoms with van der Waals surface area (Å²) >= 11 is 0. The van der Waals surface area contributed by atoms with Gasteiger partial charge in [-0.25, -0.2) is 13.1 Å². The van der Waals surface area contributed by atoms with E-state index in [1.807, 2.05) is 19.1 Å².